The molecule has 4 atom stereocenters. The molecule has 0 heterocycles. The molecule has 2 nitrogen and oxygen atoms in total. The van der Waals surface area contributed by atoms with E-state index in [-0.39, 0.29) is 23.6 Å². The number of benzene rings is 1. The van der Waals surface area contributed by atoms with Crippen LogP contribution in [-0.2, 0) is 0 Å². The zero-order chi connectivity index (χ0) is 12.9. The van der Waals surface area contributed by atoms with Crippen LogP contribution < -0.4 is 5.73 Å². The van der Waals surface area contributed by atoms with Crippen molar-refractivity contribution in [2.24, 2.45) is 23.5 Å². The highest BCUT2D eigenvalue weighted by molar-refractivity contribution is 5.98. The summed E-state index contributed by atoms with van der Waals surface area (Å²) in [5.41, 5.74) is 7.21. The number of aryl methyl sites for hydroxylation is 1. The van der Waals surface area contributed by atoms with E-state index in [0.717, 1.165) is 19.3 Å². The maximum absolute atomic E-state index is 13.5. The van der Waals surface area contributed by atoms with Crippen molar-refractivity contribution < 1.29 is 9.18 Å². The summed E-state index contributed by atoms with van der Waals surface area (Å²) in [5.74, 6) is 0.554. The van der Waals surface area contributed by atoms with Gasteiger partial charge >= 0.3 is 0 Å². The molecule has 1 aromatic carbocycles. The highest BCUT2D eigenvalue weighted by Gasteiger charge is 2.49. The molecule has 0 radical (unpaired) electrons. The lowest BCUT2D eigenvalue weighted by Crippen LogP contribution is -2.40. The van der Waals surface area contributed by atoms with E-state index in [1.807, 2.05) is 0 Å². The molecule has 0 aromatic heterocycles. The van der Waals surface area contributed by atoms with Gasteiger partial charge in [-0.25, -0.2) is 4.39 Å². The molecule has 1 aromatic rings. The van der Waals surface area contributed by atoms with Crippen molar-refractivity contribution in [3.05, 3.63) is 35.1 Å². The van der Waals surface area contributed by atoms with E-state index in [1.165, 1.54) is 6.07 Å². The SMILES string of the molecule is Cc1ccc(C(=O)C2C3CCC(C3)C2N)cc1F. The standard InChI is InChI=1S/C15H18FNO/c1-8-2-3-11(7-12(8)16)15(18)13-9-4-5-10(6-9)14(13)17/h2-3,7,9-10,13-14H,4-6,17H2,1H3. The third-order valence-electron chi connectivity index (χ3n) is 4.74. The lowest BCUT2D eigenvalue weighted by molar-refractivity contribution is 0.0855. The van der Waals surface area contributed by atoms with Crippen molar-refractivity contribution in [3.8, 4) is 0 Å². The summed E-state index contributed by atoms with van der Waals surface area (Å²) in [6.45, 7) is 1.70. The third kappa shape index (κ3) is 1.69. The highest BCUT2D eigenvalue weighted by atomic mass is 19.1. The van der Waals surface area contributed by atoms with Gasteiger partial charge in [0.25, 0.3) is 0 Å². The second-order valence-electron chi connectivity index (χ2n) is 5.76. The van der Waals surface area contributed by atoms with E-state index in [1.54, 1.807) is 19.1 Å². The Morgan fingerprint density at radius 2 is 2.06 bits per heavy atom. The largest absolute Gasteiger partial charge is 0.327 e. The second kappa shape index (κ2) is 4.16. The van der Waals surface area contributed by atoms with Crippen LogP contribution in [0, 0.1) is 30.5 Å². The van der Waals surface area contributed by atoms with E-state index in [2.05, 4.69) is 0 Å². The fraction of sp³-hybridized carbons (Fsp3) is 0.533. The van der Waals surface area contributed by atoms with E-state index in [0.29, 0.717) is 23.0 Å². The second-order valence-corrected chi connectivity index (χ2v) is 5.76. The molecule has 2 N–H and O–H groups in total. The Morgan fingerprint density at radius 1 is 1.33 bits per heavy atom. The molecule has 4 unspecified atom stereocenters. The van der Waals surface area contributed by atoms with Crippen molar-refractivity contribution >= 4 is 5.78 Å². The van der Waals surface area contributed by atoms with Crippen LogP contribution in [0.3, 0.4) is 0 Å². The zero-order valence-corrected chi connectivity index (χ0v) is 10.5. The first-order valence-corrected chi connectivity index (χ1v) is 6.64. The number of ketones is 1. The Kier molecular flexibility index (Phi) is 2.74. The molecule has 0 aliphatic heterocycles. The van der Waals surface area contributed by atoms with Crippen LogP contribution in [0.5, 0.6) is 0 Å². The Bertz CT molecular complexity index is 497. The minimum atomic E-state index is -0.308. The average Bonchev–Trinajstić information content (AvgIpc) is 2.92. The number of carbonyl (C=O) groups is 1. The quantitative estimate of drug-likeness (QED) is 0.816. The first kappa shape index (κ1) is 11.8. The fourth-order valence-electron chi connectivity index (χ4n) is 3.66. The van der Waals surface area contributed by atoms with Crippen LogP contribution in [0.4, 0.5) is 4.39 Å². The zero-order valence-electron chi connectivity index (χ0n) is 10.5. The minimum absolute atomic E-state index is 0.0272. The van der Waals surface area contributed by atoms with E-state index >= 15 is 0 Å². The van der Waals surface area contributed by atoms with E-state index < -0.39 is 0 Å². The molecule has 0 amide bonds. The molecule has 18 heavy (non-hydrogen) atoms. The molecular weight excluding hydrogens is 229 g/mol. The number of halogens is 1. The molecule has 2 aliphatic rings. The molecule has 96 valence electrons. The summed E-state index contributed by atoms with van der Waals surface area (Å²) >= 11 is 0. The Hall–Kier alpha value is -1.22. The maximum Gasteiger partial charge on any atom is 0.167 e. The topological polar surface area (TPSA) is 43.1 Å². The van der Waals surface area contributed by atoms with Crippen molar-refractivity contribution in [3.63, 3.8) is 0 Å². The lowest BCUT2D eigenvalue weighted by Gasteiger charge is -2.26. The van der Waals surface area contributed by atoms with Crippen molar-refractivity contribution in [2.45, 2.75) is 32.2 Å². The van der Waals surface area contributed by atoms with Crippen molar-refractivity contribution in [1.29, 1.82) is 0 Å². The summed E-state index contributed by atoms with van der Waals surface area (Å²) in [6, 6.07) is 4.72. The van der Waals surface area contributed by atoms with Gasteiger partial charge in [0.15, 0.2) is 5.78 Å². The summed E-state index contributed by atoms with van der Waals surface area (Å²) < 4.78 is 13.5. The summed E-state index contributed by atoms with van der Waals surface area (Å²) in [5, 5.41) is 0. The first-order chi connectivity index (χ1) is 8.58. The number of nitrogens with two attached hydrogens (primary N) is 1. The normalized spacial score (nSPS) is 33.9. The van der Waals surface area contributed by atoms with Gasteiger partial charge in [0.05, 0.1) is 0 Å². The number of hydrogen-bond donors (Lipinski definition) is 1. The van der Waals surface area contributed by atoms with Crippen LogP contribution in [-0.4, -0.2) is 11.8 Å². The van der Waals surface area contributed by atoms with E-state index in [4.69, 9.17) is 5.73 Å². The number of fused-ring (bicyclic) bond motifs is 2. The van der Waals surface area contributed by atoms with Gasteiger partial charge < -0.3 is 5.73 Å². The van der Waals surface area contributed by atoms with Gasteiger partial charge in [0.2, 0.25) is 0 Å². The Labute approximate surface area is 106 Å². The molecule has 0 saturated heterocycles. The molecule has 3 heteroatoms. The predicted molar refractivity (Wildman–Crippen MR) is 67.8 cm³/mol. The molecule has 2 fully saturated rings. The average molecular weight is 247 g/mol. The molecule has 3 rings (SSSR count). The van der Waals surface area contributed by atoms with Gasteiger partial charge in [-0.05, 0) is 49.7 Å². The molecule has 2 bridgehead atoms. The van der Waals surface area contributed by atoms with E-state index in [9.17, 15) is 9.18 Å². The monoisotopic (exact) mass is 247 g/mol. The molecular formula is C15H18FNO. The minimum Gasteiger partial charge on any atom is -0.327 e. The summed E-state index contributed by atoms with van der Waals surface area (Å²) in [7, 11) is 0. The van der Waals surface area contributed by atoms with Gasteiger partial charge in [-0.1, -0.05) is 12.1 Å². The van der Waals surface area contributed by atoms with Gasteiger partial charge in [-0.3, -0.25) is 4.79 Å². The molecule has 0 spiro atoms. The van der Waals surface area contributed by atoms with Crippen LogP contribution >= 0.6 is 0 Å². The van der Waals surface area contributed by atoms with Crippen molar-refractivity contribution in [2.75, 3.05) is 0 Å². The van der Waals surface area contributed by atoms with Gasteiger partial charge in [0.1, 0.15) is 5.82 Å². The molecule has 2 saturated carbocycles. The van der Waals surface area contributed by atoms with Gasteiger partial charge in [0, 0.05) is 17.5 Å². The maximum atomic E-state index is 13.5. The highest BCUT2D eigenvalue weighted by Crippen LogP contribution is 2.48. The fourth-order valence-corrected chi connectivity index (χ4v) is 3.66. The third-order valence-corrected chi connectivity index (χ3v) is 4.74. The Balaban J connectivity index is 1.88. The van der Waals surface area contributed by atoms with Crippen LogP contribution in [0.15, 0.2) is 18.2 Å². The number of carbonyl (C=O) groups excluding carboxylic acids is 1. The van der Waals surface area contributed by atoms with Crippen LogP contribution in [0.2, 0.25) is 0 Å². The number of Topliss-reactive ketones (excluding diaryl/α,β-unsaturated/α-hetero) is 1. The van der Waals surface area contributed by atoms with Gasteiger partial charge in [-0.15, -0.1) is 0 Å². The number of hydrogen-bond acceptors (Lipinski definition) is 2. The number of rotatable bonds is 2. The van der Waals surface area contributed by atoms with Crippen LogP contribution in [0.1, 0.15) is 35.2 Å². The summed E-state index contributed by atoms with van der Waals surface area (Å²) in [4.78, 5) is 12.5. The first-order valence-electron chi connectivity index (χ1n) is 6.64. The van der Waals surface area contributed by atoms with Crippen molar-refractivity contribution in [1.82, 2.24) is 0 Å². The van der Waals surface area contributed by atoms with Crippen LogP contribution in [0.25, 0.3) is 0 Å². The lowest BCUT2D eigenvalue weighted by atomic mass is 9.80. The molecule has 2 aliphatic carbocycles. The summed E-state index contributed by atoms with van der Waals surface area (Å²) in [6.07, 6.45) is 3.33. The van der Waals surface area contributed by atoms with Gasteiger partial charge in [-0.2, -0.15) is 0 Å². The smallest absolute Gasteiger partial charge is 0.167 e. The Morgan fingerprint density at radius 3 is 2.67 bits per heavy atom. The predicted octanol–water partition coefficient (Wildman–Crippen LogP) is 2.69.